The zero-order chi connectivity index (χ0) is 13.5. The smallest absolute Gasteiger partial charge is 0.199 e. The molecule has 0 saturated carbocycles. The Morgan fingerprint density at radius 3 is 2.72 bits per heavy atom. The van der Waals surface area contributed by atoms with Crippen molar-refractivity contribution in [3.8, 4) is 5.75 Å². The van der Waals surface area contributed by atoms with Gasteiger partial charge in [0.05, 0.1) is 15.1 Å². The summed E-state index contributed by atoms with van der Waals surface area (Å²) >= 11 is 4.34. The van der Waals surface area contributed by atoms with Crippen LogP contribution in [-0.4, -0.2) is 17.4 Å². The van der Waals surface area contributed by atoms with Crippen molar-refractivity contribution >= 4 is 60.5 Å². The normalized spacial score (nSPS) is 11.7. The number of Topliss-reactive ketones (excluding diaryl/α,β-unsaturated/α-hetero) is 1. The van der Waals surface area contributed by atoms with Crippen molar-refractivity contribution in [1.82, 2.24) is 0 Å². The van der Waals surface area contributed by atoms with Crippen molar-refractivity contribution in [1.29, 1.82) is 0 Å². The van der Waals surface area contributed by atoms with E-state index in [4.69, 9.17) is 4.74 Å². The van der Waals surface area contributed by atoms with Crippen molar-refractivity contribution < 1.29 is 9.53 Å². The van der Waals surface area contributed by atoms with E-state index in [1.807, 2.05) is 31.2 Å². The third-order valence-corrected chi connectivity index (χ3v) is 4.22. The molecule has 0 fully saturated rings. The van der Waals surface area contributed by atoms with Gasteiger partial charge in [-0.3, -0.25) is 4.79 Å². The second-order valence-electron chi connectivity index (χ2n) is 3.62. The van der Waals surface area contributed by atoms with Gasteiger partial charge in [0.1, 0.15) is 5.75 Å². The van der Waals surface area contributed by atoms with E-state index in [-0.39, 0.29) is 7.90 Å². The molecule has 0 amide bonds. The van der Waals surface area contributed by atoms with E-state index >= 15 is 0 Å². The number of hydrogen-bond donors (Lipinski definition) is 0. The van der Waals surface area contributed by atoms with E-state index in [0.717, 1.165) is 0 Å². The van der Waals surface area contributed by atoms with E-state index in [1.165, 1.54) is 5.20 Å². The summed E-state index contributed by atoms with van der Waals surface area (Å²) in [6.45, 7) is 4.06. The molecule has 96 valence electrons. The van der Waals surface area contributed by atoms with Crippen molar-refractivity contribution in [2.75, 3.05) is 0 Å². The summed E-state index contributed by atoms with van der Waals surface area (Å²) in [5.41, 5.74) is 0.687. The highest BCUT2D eigenvalue weighted by molar-refractivity contribution is 14.2. The Kier molecular flexibility index (Phi) is 7.46. The Balaban J connectivity index is 2.78. The molecule has 1 rings (SSSR count). The Hall–Kier alpha value is 0.107. The first-order chi connectivity index (χ1) is 8.54. The molecule has 18 heavy (non-hydrogen) atoms. The van der Waals surface area contributed by atoms with Gasteiger partial charge in [0.15, 0.2) is 7.90 Å². The molecule has 0 aliphatic rings. The number of hydrogen-bond acceptors (Lipinski definition) is 2. The summed E-state index contributed by atoms with van der Waals surface area (Å²) in [5, 5.41) is 1.27. The highest BCUT2D eigenvalue weighted by Crippen LogP contribution is 2.24. The minimum absolute atomic E-state index is 0.0221. The van der Waals surface area contributed by atoms with Crippen LogP contribution in [0.3, 0.4) is 0 Å². The minimum atomic E-state index is 0.0221. The molecule has 1 aromatic rings. The molecule has 0 unspecified atom stereocenters. The Bertz CT molecular complexity index is 444. The predicted octanol–water partition coefficient (Wildman–Crippen LogP) is 4.45. The Morgan fingerprint density at radius 2 is 2.11 bits per heavy atom. The van der Waals surface area contributed by atoms with E-state index in [1.54, 1.807) is 0 Å². The van der Waals surface area contributed by atoms with E-state index in [2.05, 4.69) is 58.2 Å². The SMILES string of the molecule is CC=C(C)[Si]CC(=O)c1ccccc1OC(I)I. The number of carbonyl (C=O) groups is 1. The van der Waals surface area contributed by atoms with Crippen LogP contribution in [0.15, 0.2) is 35.5 Å². The lowest BCUT2D eigenvalue weighted by atomic mass is 10.1. The van der Waals surface area contributed by atoms with Gasteiger partial charge in [-0.2, -0.15) is 0 Å². The van der Waals surface area contributed by atoms with Crippen LogP contribution in [0.4, 0.5) is 0 Å². The lowest BCUT2D eigenvalue weighted by molar-refractivity contribution is 0.101. The van der Waals surface area contributed by atoms with Gasteiger partial charge in [0.25, 0.3) is 0 Å². The van der Waals surface area contributed by atoms with Gasteiger partial charge in [-0.15, -0.1) is 0 Å². The standard InChI is InChI=1S/C13H14I2O2Si/c1-3-9(2)18-8-11(16)10-6-4-5-7-12(10)17-13(14)15/h3-7,13H,8H2,1-2H3. The summed E-state index contributed by atoms with van der Waals surface area (Å²) in [6.07, 6.45) is 2.06. The fraction of sp³-hybridized carbons (Fsp3) is 0.308. The molecule has 0 aromatic heterocycles. The van der Waals surface area contributed by atoms with Crippen LogP contribution in [0.5, 0.6) is 5.75 Å². The number of para-hydroxylation sites is 1. The van der Waals surface area contributed by atoms with E-state index < -0.39 is 0 Å². The van der Waals surface area contributed by atoms with Crippen molar-refractivity contribution in [2.45, 2.75) is 22.0 Å². The summed E-state index contributed by atoms with van der Waals surface area (Å²) in [6, 6.07) is 8.01. The number of ketones is 1. The Labute approximate surface area is 138 Å². The van der Waals surface area contributed by atoms with E-state index in [0.29, 0.717) is 26.9 Å². The second kappa shape index (κ2) is 8.31. The summed E-state index contributed by atoms with van der Waals surface area (Å²) in [7, 11) is 0.556. The first-order valence-electron chi connectivity index (χ1n) is 5.48. The molecule has 0 spiro atoms. The van der Waals surface area contributed by atoms with Gasteiger partial charge in [-0.25, -0.2) is 0 Å². The third kappa shape index (κ3) is 5.39. The number of carbonyl (C=O) groups excluding carboxylic acids is 1. The molecule has 5 heteroatoms. The monoisotopic (exact) mass is 484 g/mol. The molecular formula is C13H14I2O2Si. The molecule has 0 saturated heterocycles. The van der Waals surface area contributed by atoms with Crippen LogP contribution < -0.4 is 4.74 Å². The third-order valence-electron chi connectivity index (χ3n) is 2.36. The van der Waals surface area contributed by atoms with Crippen molar-refractivity contribution in [3.05, 3.63) is 41.1 Å². The van der Waals surface area contributed by atoms with Gasteiger partial charge >= 0.3 is 0 Å². The fourth-order valence-electron chi connectivity index (χ4n) is 1.31. The molecule has 0 N–H and O–H groups in total. The zero-order valence-electron chi connectivity index (χ0n) is 10.2. The highest BCUT2D eigenvalue weighted by atomic mass is 127. The molecule has 0 heterocycles. The molecule has 0 aliphatic heterocycles. The molecule has 2 radical (unpaired) electrons. The van der Waals surface area contributed by atoms with Crippen LogP contribution in [0.2, 0.25) is 6.04 Å². The van der Waals surface area contributed by atoms with Gasteiger partial charge in [0, 0.05) is 6.04 Å². The van der Waals surface area contributed by atoms with Crippen LogP contribution in [0.1, 0.15) is 24.2 Å². The Morgan fingerprint density at radius 1 is 1.44 bits per heavy atom. The van der Waals surface area contributed by atoms with E-state index in [9.17, 15) is 4.79 Å². The zero-order valence-corrected chi connectivity index (χ0v) is 15.6. The molecule has 0 bridgehead atoms. The van der Waals surface area contributed by atoms with Gasteiger partial charge in [-0.05, 0) is 71.2 Å². The maximum absolute atomic E-state index is 12.2. The number of rotatable bonds is 6. The quantitative estimate of drug-likeness (QED) is 0.258. The number of alkyl halides is 2. The predicted molar refractivity (Wildman–Crippen MR) is 93.2 cm³/mol. The molecule has 0 aliphatic carbocycles. The average Bonchev–Trinajstić information content (AvgIpc) is 2.35. The number of allylic oxidation sites excluding steroid dienone is 2. The topological polar surface area (TPSA) is 26.3 Å². The van der Waals surface area contributed by atoms with Crippen molar-refractivity contribution in [3.63, 3.8) is 0 Å². The maximum Gasteiger partial charge on any atom is 0.199 e. The van der Waals surface area contributed by atoms with Crippen molar-refractivity contribution in [2.24, 2.45) is 0 Å². The fourth-order valence-corrected chi connectivity index (χ4v) is 2.69. The first-order valence-corrected chi connectivity index (χ1v) is 9.18. The first kappa shape index (κ1) is 16.2. The van der Waals surface area contributed by atoms with Crippen LogP contribution in [0.25, 0.3) is 0 Å². The number of benzene rings is 1. The molecule has 1 aromatic carbocycles. The lowest BCUT2D eigenvalue weighted by Crippen LogP contribution is -2.08. The minimum Gasteiger partial charge on any atom is -0.470 e. The van der Waals surface area contributed by atoms with Crippen LogP contribution in [0, 0.1) is 0 Å². The molecular weight excluding hydrogens is 470 g/mol. The molecule has 2 nitrogen and oxygen atoms in total. The van der Waals surface area contributed by atoms with Crippen LogP contribution in [-0.2, 0) is 0 Å². The average molecular weight is 484 g/mol. The highest BCUT2D eigenvalue weighted by Gasteiger charge is 2.13. The maximum atomic E-state index is 12.2. The summed E-state index contributed by atoms with van der Waals surface area (Å²) in [4.78, 5) is 12.2. The number of halogens is 2. The van der Waals surface area contributed by atoms with Gasteiger partial charge in [0.2, 0.25) is 0 Å². The van der Waals surface area contributed by atoms with Crippen LogP contribution >= 0.6 is 45.2 Å². The second-order valence-corrected chi connectivity index (χ2v) is 9.76. The van der Waals surface area contributed by atoms with Gasteiger partial charge in [-0.1, -0.05) is 23.4 Å². The summed E-state index contributed by atoms with van der Waals surface area (Å²) < 4.78 is 5.66. The van der Waals surface area contributed by atoms with Gasteiger partial charge < -0.3 is 4.74 Å². The molecule has 0 atom stereocenters. The summed E-state index contributed by atoms with van der Waals surface area (Å²) in [5.74, 6) is 0.831. The number of ether oxygens (including phenoxy) is 1. The largest absolute Gasteiger partial charge is 0.470 e. The lowest BCUT2D eigenvalue weighted by Gasteiger charge is -2.11.